The molecular weight excluding hydrogens is 235 g/mol. The van der Waals surface area contributed by atoms with E-state index >= 15 is 0 Å². The molecule has 0 radical (unpaired) electrons. The minimum absolute atomic E-state index is 0. The molecule has 0 fully saturated rings. The fourth-order valence-electron chi connectivity index (χ4n) is 0.858. The first kappa shape index (κ1) is 17.4. The Labute approximate surface area is 108 Å². The summed E-state index contributed by atoms with van der Waals surface area (Å²) >= 11 is 0. The van der Waals surface area contributed by atoms with Crippen molar-refractivity contribution >= 4 is 18.7 Å². The van der Waals surface area contributed by atoms with Crippen LogP contribution in [0.2, 0.25) is 12.6 Å². The minimum atomic E-state index is -4.10. The predicted octanol–water partition coefficient (Wildman–Crippen LogP) is -2.71. The molecule has 5 nitrogen and oxygen atoms in total. The summed E-state index contributed by atoms with van der Waals surface area (Å²) in [5, 5.41) is 0. The van der Waals surface area contributed by atoms with E-state index in [1.54, 1.807) is 0 Å². The van der Waals surface area contributed by atoms with Gasteiger partial charge in [0, 0.05) is 20.0 Å². The van der Waals surface area contributed by atoms with E-state index in [4.69, 9.17) is 8.85 Å². The van der Waals surface area contributed by atoms with Crippen LogP contribution in [-0.4, -0.2) is 41.5 Å². The molecule has 0 rings (SSSR count). The van der Waals surface area contributed by atoms with Crippen LogP contribution in [0.15, 0.2) is 0 Å². The zero-order chi connectivity index (χ0) is 10.5. The summed E-state index contributed by atoms with van der Waals surface area (Å²) in [7, 11) is -3.24. The summed E-state index contributed by atoms with van der Waals surface area (Å²) in [5.41, 5.74) is 0. The van der Waals surface area contributed by atoms with Crippen LogP contribution in [0.5, 0.6) is 0 Å². The van der Waals surface area contributed by atoms with Gasteiger partial charge in [-0.05, 0) is 19.0 Å². The summed E-state index contributed by atoms with van der Waals surface area (Å²) < 4.78 is 41.1. The van der Waals surface area contributed by atoms with Crippen molar-refractivity contribution in [1.82, 2.24) is 0 Å². The van der Waals surface area contributed by atoms with E-state index in [2.05, 4.69) is 0 Å². The van der Waals surface area contributed by atoms with Crippen LogP contribution in [-0.2, 0) is 19.0 Å². The molecular formula is C6H15NaO5SSi. The zero-order valence-electron chi connectivity index (χ0n) is 9.07. The Hall–Kier alpha value is 1.05. The molecule has 0 aromatic heterocycles. The maximum absolute atomic E-state index is 10.3. The number of rotatable bonds is 6. The summed E-state index contributed by atoms with van der Waals surface area (Å²) in [6, 6.07) is 0.515. The Morgan fingerprint density at radius 2 is 1.71 bits per heavy atom. The standard InChI is InChI=1S/C6H16O5SSi.Na/c1-10-13(3,11-2)6-4-5-12(7,8)9;/h4-6H2,1-3H3,(H,7,8,9);/q;+1/p-1. The molecule has 0 atom stereocenters. The average molecular weight is 250 g/mol. The van der Waals surface area contributed by atoms with Gasteiger partial charge in [0.1, 0.15) is 0 Å². The second kappa shape index (κ2) is 7.34. The summed E-state index contributed by atoms with van der Waals surface area (Å²) in [5.74, 6) is -0.345. The first-order valence-corrected chi connectivity index (χ1v) is 7.97. The zero-order valence-corrected chi connectivity index (χ0v) is 12.9. The molecule has 0 heterocycles. The van der Waals surface area contributed by atoms with Crippen LogP contribution >= 0.6 is 0 Å². The quantitative estimate of drug-likeness (QED) is 0.378. The van der Waals surface area contributed by atoms with Crippen molar-refractivity contribution < 1.29 is 51.4 Å². The van der Waals surface area contributed by atoms with Crippen molar-refractivity contribution in [3.8, 4) is 0 Å². The van der Waals surface area contributed by atoms with Gasteiger partial charge >= 0.3 is 38.1 Å². The van der Waals surface area contributed by atoms with E-state index in [9.17, 15) is 13.0 Å². The Balaban J connectivity index is 0. The van der Waals surface area contributed by atoms with Crippen LogP contribution < -0.4 is 29.6 Å². The molecule has 80 valence electrons. The number of hydrogen-bond donors (Lipinski definition) is 0. The summed E-state index contributed by atoms with van der Waals surface area (Å²) in [6.45, 7) is 1.82. The van der Waals surface area contributed by atoms with Crippen LogP contribution in [0.25, 0.3) is 0 Å². The van der Waals surface area contributed by atoms with Gasteiger partial charge in [-0.25, -0.2) is 8.42 Å². The largest absolute Gasteiger partial charge is 1.00 e. The Morgan fingerprint density at radius 1 is 1.29 bits per heavy atom. The molecule has 8 heteroatoms. The maximum Gasteiger partial charge on any atom is 1.00 e. The van der Waals surface area contributed by atoms with Crippen molar-refractivity contribution in [2.24, 2.45) is 0 Å². The topological polar surface area (TPSA) is 75.7 Å². The molecule has 0 amide bonds. The molecule has 0 aliphatic rings. The molecule has 0 aromatic carbocycles. The third-order valence-electron chi connectivity index (χ3n) is 1.89. The van der Waals surface area contributed by atoms with Gasteiger partial charge in [-0.2, -0.15) is 0 Å². The third-order valence-corrected chi connectivity index (χ3v) is 5.67. The van der Waals surface area contributed by atoms with Gasteiger partial charge in [-0.3, -0.25) is 0 Å². The molecule has 0 aliphatic carbocycles. The van der Waals surface area contributed by atoms with Crippen molar-refractivity contribution in [1.29, 1.82) is 0 Å². The third kappa shape index (κ3) is 8.36. The second-order valence-electron chi connectivity index (χ2n) is 2.91. The van der Waals surface area contributed by atoms with Crippen LogP contribution in [0, 0.1) is 0 Å². The van der Waals surface area contributed by atoms with Crippen molar-refractivity contribution in [3.63, 3.8) is 0 Å². The summed E-state index contributed by atoms with van der Waals surface area (Å²) in [4.78, 5) is 0. The van der Waals surface area contributed by atoms with Gasteiger partial charge in [0.2, 0.25) is 0 Å². The van der Waals surface area contributed by atoms with Crippen LogP contribution in [0.1, 0.15) is 6.42 Å². The fourth-order valence-corrected chi connectivity index (χ4v) is 3.01. The van der Waals surface area contributed by atoms with Crippen LogP contribution in [0.3, 0.4) is 0 Å². The van der Waals surface area contributed by atoms with Crippen molar-refractivity contribution in [2.75, 3.05) is 20.0 Å². The summed E-state index contributed by atoms with van der Waals surface area (Å²) in [6.07, 6.45) is 0.302. The Kier molecular flexibility index (Phi) is 9.15. The Bertz CT molecular complexity index is 239. The van der Waals surface area contributed by atoms with Gasteiger partial charge < -0.3 is 13.4 Å². The van der Waals surface area contributed by atoms with E-state index in [0.717, 1.165) is 0 Å². The molecule has 0 aromatic rings. The first-order chi connectivity index (χ1) is 5.83. The maximum atomic E-state index is 10.3. The monoisotopic (exact) mass is 250 g/mol. The fraction of sp³-hybridized carbons (Fsp3) is 1.00. The van der Waals surface area contributed by atoms with Gasteiger partial charge in [0.15, 0.2) is 0 Å². The van der Waals surface area contributed by atoms with E-state index in [0.29, 0.717) is 12.5 Å². The predicted molar refractivity (Wildman–Crippen MR) is 49.6 cm³/mol. The van der Waals surface area contributed by atoms with Gasteiger partial charge in [-0.1, -0.05) is 0 Å². The number of hydrogen-bond acceptors (Lipinski definition) is 5. The van der Waals surface area contributed by atoms with E-state index in [-0.39, 0.29) is 35.3 Å². The van der Waals surface area contributed by atoms with Gasteiger partial charge in [0.05, 0.1) is 10.1 Å². The molecule has 14 heavy (non-hydrogen) atoms. The van der Waals surface area contributed by atoms with Crippen molar-refractivity contribution in [2.45, 2.75) is 19.0 Å². The molecule has 0 unspecified atom stereocenters. The minimum Gasteiger partial charge on any atom is -0.748 e. The SMILES string of the molecule is CO[Si](C)(CCCS(=O)(=O)[O-])OC.[Na+]. The molecule has 0 aliphatic heterocycles. The molecule has 0 bridgehead atoms. The Morgan fingerprint density at radius 3 is 2.00 bits per heavy atom. The van der Waals surface area contributed by atoms with E-state index in [1.165, 1.54) is 14.2 Å². The van der Waals surface area contributed by atoms with E-state index in [1.807, 2.05) is 6.55 Å². The smallest absolute Gasteiger partial charge is 0.748 e. The average Bonchev–Trinajstić information content (AvgIpc) is 2.02. The normalized spacial score (nSPS) is 12.3. The molecule has 0 saturated carbocycles. The van der Waals surface area contributed by atoms with Gasteiger partial charge in [0.25, 0.3) is 0 Å². The molecule has 0 N–H and O–H groups in total. The molecule has 0 saturated heterocycles. The van der Waals surface area contributed by atoms with E-state index < -0.39 is 18.7 Å². The first-order valence-electron chi connectivity index (χ1n) is 3.87. The van der Waals surface area contributed by atoms with Crippen molar-refractivity contribution in [3.05, 3.63) is 0 Å². The van der Waals surface area contributed by atoms with Gasteiger partial charge in [-0.15, -0.1) is 0 Å². The molecule has 0 spiro atoms. The van der Waals surface area contributed by atoms with Crippen LogP contribution in [0.4, 0.5) is 0 Å². The second-order valence-corrected chi connectivity index (χ2v) is 8.02.